The number of rotatable bonds is 1. The number of hydrogen-bond donors (Lipinski definition) is 0. The zero-order chi connectivity index (χ0) is 24.2. The van der Waals surface area contributed by atoms with Crippen molar-refractivity contribution in [2.75, 3.05) is 0 Å². The summed E-state index contributed by atoms with van der Waals surface area (Å²) in [6.07, 6.45) is 3.36. The number of hydrogen-bond acceptors (Lipinski definition) is 0. The fourth-order valence-corrected chi connectivity index (χ4v) is 3.34. The summed E-state index contributed by atoms with van der Waals surface area (Å²) in [6.45, 7) is 13.3. The molecule has 1 atom stereocenters. The van der Waals surface area contributed by atoms with E-state index in [9.17, 15) is 17.6 Å². The Labute approximate surface area is 227 Å². The number of halogens is 6. The molecule has 3 aromatic rings. The minimum atomic E-state index is -1.40. The van der Waals surface area contributed by atoms with E-state index in [0.29, 0.717) is 11.3 Å². The van der Waals surface area contributed by atoms with Gasteiger partial charge in [0.25, 0.3) is 0 Å². The van der Waals surface area contributed by atoms with E-state index in [1.807, 2.05) is 0 Å². The standard InChI is InChI=1S/C15H7F4.C9H13.C2H6Si.2ClH.Zr/c16-11-7-12(17)15(19)13(14(11)18)10-6-5-8-3-1-2-4-9(8)10;1-6-5-7(2)9(4)8(6)3;1-3-2;;;/h1-7H;6H,1-4H3;1-2H3;2*1H;/q2*-1;;;;+2/p-2. The van der Waals surface area contributed by atoms with Crippen molar-refractivity contribution in [3.63, 3.8) is 0 Å². The molecule has 0 N–H and O–H groups in total. The van der Waals surface area contributed by atoms with E-state index in [0.717, 1.165) is 5.39 Å². The molecule has 3 aromatic carbocycles. The maximum atomic E-state index is 13.8. The predicted molar refractivity (Wildman–Crippen MR) is 122 cm³/mol. The molecule has 1 unspecified atom stereocenters. The number of allylic oxidation sites excluding steroid dienone is 4. The van der Waals surface area contributed by atoms with Crippen LogP contribution >= 0.6 is 0 Å². The maximum absolute atomic E-state index is 13.8. The second kappa shape index (κ2) is 14.5. The smallest absolute Gasteiger partial charge is 0.161 e. The summed E-state index contributed by atoms with van der Waals surface area (Å²) in [6, 6.07) is 10.2. The van der Waals surface area contributed by atoms with Crippen molar-refractivity contribution < 1.29 is 65.7 Å². The second-order valence-electron chi connectivity index (χ2n) is 7.98. The third-order valence-corrected chi connectivity index (χ3v) is 5.30. The minimum Gasteiger partial charge on any atom is -1.00 e. The van der Waals surface area contributed by atoms with Crippen LogP contribution in [0.3, 0.4) is 0 Å². The summed E-state index contributed by atoms with van der Waals surface area (Å²) >= 11 is 1.74. The zero-order valence-electron chi connectivity index (χ0n) is 19.9. The summed E-state index contributed by atoms with van der Waals surface area (Å²) in [7, 11) is 0. The molecular weight excluding hydrogens is 578 g/mol. The van der Waals surface area contributed by atoms with Gasteiger partial charge < -0.3 is 24.8 Å². The monoisotopic (exact) mass is 602 g/mol. The van der Waals surface area contributed by atoms with Crippen molar-refractivity contribution in [1.29, 1.82) is 0 Å². The van der Waals surface area contributed by atoms with Crippen LogP contribution in [0.1, 0.15) is 27.7 Å². The van der Waals surface area contributed by atoms with Gasteiger partial charge in [-0.15, -0.1) is 53.6 Å². The first-order valence-corrected chi connectivity index (χ1v) is 16.4. The van der Waals surface area contributed by atoms with Crippen LogP contribution in [0.4, 0.5) is 17.6 Å². The van der Waals surface area contributed by atoms with Crippen molar-refractivity contribution >= 4 is 16.2 Å². The quantitative estimate of drug-likeness (QED) is 0.173. The Kier molecular flexibility index (Phi) is 14.0. The molecule has 1 aliphatic carbocycles. The molecule has 0 heterocycles. The van der Waals surface area contributed by atoms with Crippen molar-refractivity contribution in [3.05, 3.63) is 88.5 Å². The van der Waals surface area contributed by atoms with Crippen LogP contribution in [0.25, 0.3) is 21.9 Å². The average Bonchev–Trinajstić information content (AvgIpc) is 3.24. The van der Waals surface area contributed by atoms with Gasteiger partial charge in [0.2, 0.25) is 0 Å². The zero-order valence-corrected chi connectivity index (χ0v) is 24.9. The van der Waals surface area contributed by atoms with Crippen LogP contribution in [0.15, 0.2) is 59.2 Å². The third-order valence-electron chi connectivity index (χ3n) is 5.30. The molecule has 0 radical (unpaired) electrons. The van der Waals surface area contributed by atoms with E-state index in [2.05, 4.69) is 46.9 Å². The van der Waals surface area contributed by atoms with Gasteiger partial charge in [-0.1, -0.05) is 32.8 Å². The maximum Gasteiger partial charge on any atom is 0.161 e. The van der Waals surface area contributed by atoms with Crippen LogP contribution in [0.2, 0.25) is 13.1 Å². The SMILES string of the molecule is CC1=[C-]C(C)C(C)=C1C.C[Si](C)=[Zr+2].Fc1cc(F)c(F)c(-c2c[cH-]c3ccccc23)c1F.[Cl-].[Cl-]. The summed E-state index contributed by atoms with van der Waals surface area (Å²) in [5, 5.41) is 1.30. The van der Waals surface area contributed by atoms with E-state index in [4.69, 9.17) is 0 Å². The second-order valence-corrected chi connectivity index (χ2v) is 17.4. The molecule has 8 heteroatoms. The molecule has 0 saturated carbocycles. The Bertz CT molecular complexity index is 1180. The molecule has 0 aliphatic heterocycles. The fourth-order valence-electron chi connectivity index (χ4n) is 3.34. The van der Waals surface area contributed by atoms with Gasteiger partial charge in [-0.25, -0.2) is 23.1 Å². The molecule has 0 amide bonds. The van der Waals surface area contributed by atoms with Crippen molar-refractivity contribution in [2.45, 2.75) is 40.8 Å². The van der Waals surface area contributed by atoms with Crippen LogP contribution in [-0.2, 0) is 23.3 Å². The van der Waals surface area contributed by atoms with E-state index < -0.39 is 28.8 Å². The first-order valence-electron chi connectivity index (χ1n) is 10.2. The van der Waals surface area contributed by atoms with Crippen LogP contribution in [0.5, 0.6) is 0 Å². The van der Waals surface area contributed by atoms with Gasteiger partial charge in [0, 0.05) is 11.6 Å². The molecular formula is C26H26Cl2F4SiZr-2. The summed E-state index contributed by atoms with van der Waals surface area (Å²) in [5.74, 6) is -5.01. The van der Waals surface area contributed by atoms with E-state index in [1.165, 1.54) is 22.8 Å². The van der Waals surface area contributed by atoms with Gasteiger partial charge in [-0.05, 0) is 0 Å². The summed E-state index contributed by atoms with van der Waals surface area (Å²) in [5.41, 5.74) is 3.93. The first-order chi connectivity index (χ1) is 15.0. The average molecular weight is 605 g/mol. The van der Waals surface area contributed by atoms with Gasteiger partial charge in [0.15, 0.2) is 23.3 Å². The Morgan fingerprint density at radius 1 is 0.941 bits per heavy atom. The molecule has 4 rings (SSSR count). The topological polar surface area (TPSA) is 0 Å². The molecule has 34 heavy (non-hydrogen) atoms. The summed E-state index contributed by atoms with van der Waals surface area (Å²) in [4.78, 5) is 0. The molecule has 0 spiro atoms. The van der Waals surface area contributed by atoms with E-state index in [1.54, 1.807) is 53.7 Å². The predicted octanol–water partition coefficient (Wildman–Crippen LogP) is 2.30. The van der Waals surface area contributed by atoms with Crippen LogP contribution < -0.4 is 24.8 Å². The van der Waals surface area contributed by atoms with Gasteiger partial charge in [-0.2, -0.15) is 11.1 Å². The normalized spacial score (nSPS) is 14.2. The number of benzene rings is 2. The third kappa shape index (κ3) is 7.98. The van der Waals surface area contributed by atoms with E-state index >= 15 is 0 Å². The Balaban J connectivity index is 0.000000614. The van der Waals surface area contributed by atoms with Gasteiger partial charge in [0.05, 0.1) is 0 Å². The van der Waals surface area contributed by atoms with Crippen LogP contribution in [0, 0.1) is 35.3 Å². The van der Waals surface area contributed by atoms with Gasteiger partial charge in [-0.3, -0.25) is 6.08 Å². The molecule has 1 aliphatic rings. The molecule has 0 saturated heterocycles. The van der Waals surface area contributed by atoms with Crippen LogP contribution in [-0.4, -0.2) is 5.43 Å². The van der Waals surface area contributed by atoms with Crippen molar-refractivity contribution in [3.8, 4) is 11.1 Å². The largest absolute Gasteiger partial charge is 1.00 e. The van der Waals surface area contributed by atoms with E-state index in [-0.39, 0.29) is 41.9 Å². The Morgan fingerprint density at radius 3 is 1.85 bits per heavy atom. The van der Waals surface area contributed by atoms with Crippen molar-refractivity contribution in [1.82, 2.24) is 0 Å². The van der Waals surface area contributed by atoms with Gasteiger partial charge >= 0.3 is 41.9 Å². The number of fused-ring (bicyclic) bond motifs is 1. The molecule has 182 valence electrons. The Hall–Kier alpha value is -1.07. The Morgan fingerprint density at radius 2 is 1.44 bits per heavy atom. The molecule has 0 aromatic heterocycles. The van der Waals surface area contributed by atoms with Gasteiger partial charge in [0.1, 0.15) is 0 Å². The van der Waals surface area contributed by atoms with Crippen molar-refractivity contribution in [2.24, 2.45) is 5.92 Å². The molecule has 0 nitrogen and oxygen atoms in total. The first kappa shape index (κ1) is 32.9. The molecule has 0 fully saturated rings. The summed E-state index contributed by atoms with van der Waals surface area (Å²) < 4.78 is 54.0. The minimum absolute atomic E-state index is 0. The molecule has 0 bridgehead atoms. The fraction of sp³-hybridized carbons (Fsp3) is 0.269.